The first-order valence-corrected chi connectivity index (χ1v) is 18.0. The average molecular weight is 659 g/mol. The maximum Gasteiger partial charge on any atom is 0.257 e. The standard InChI is InChI=1S/C46H23B2NO3/c1-5-15-28-24(11-1)26-13-3-7-17-30(26)45-38(28)47-32-19-9-21-34-42(32)49-43-33(20-10-22-35(43)50-34)48-39-29-16-6-2-12-25(29)27-14-4-8-18-31(27)46(39)52-37-23-36(51-45)40(47)44(49)41(37)48/h1-23H. The van der Waals surface area contributed by atoms with Gasteiger partial charge in [0.2, 0.25) is 0 Å². The lowest BCUT2D eigenvalue weighted by Crippen LogP contribution is -2.67. The summed E-state index contributed by atoms with van der Waals surface area (Å²) in [5, 5.41) is 9.52. The Kier molecular flexibility index (Phi) is 4.43. The molecule has 0 aliphatic carbocycles. The van der Waals surface area contributed by atoms with Crippen molar-refractivity contribution in [2.75, 3.05) is 4.90 Å². The Morgan fingerprint density at radius 1 is 0.327 bits per heavy atom. The van der Waals surface area contributed by atoms with Crippen LogP contribution in [0.15, 0.2) is 140 Å². The molecule has 9 aromatic rings. The van der Waals surface area contributed by atoms with Crippen LogP contribution in [0.25, 0.3) is 43.1 Å². The van der Waals surface area contributed by atoms with E-state index in [1.165, 1.54) is 65.1 Å². The predicted molar refractivity (Wildman–Crippen MR) is 214 cm³/mol. The van der Waals surface area contributed by atoms with E-state index >= 15 is 0 Å². The van der Waals surface area contributed by atoms with E-state index in [9.17, 15) is 0 Å². The molecule has 0 saturated carbocycles. The Morgan fingerprint density at radius 3 is 1.19 bits per heavy atom. The van der Waals surface area contributed by atoms with Gasteiger partial charge in [-0.25, -0.2) is 0 Å². The fourth-order valence-electron chi connectivity index (χ4n) is 10.5. The van der Waals surface area contributed by atoms with Crippen LogP contribution >= 0.6 is 0 Å². The highest BCUT2D eigenvalue weighted by molar-refractivity contribution is 7.05. The maximum absolute atomic E-state index is 7.28. The van der Waals surface area contributed by atoms with E-state index in [1.807, 2.05) is 0 Å². The zero-order valence-electron chi connectivity index (χ0n) is 27.6. The molecule has 0 unspecified atom stereocenters. The molecule has 0 bridgehead atoms. The van der Waals surface area contributed by atoms with Crippen LogP contribution in [0.5, 0.6) is 34.5 Å². The number of fused-ring (bicyclic) bond motifs is 16. The van der Waals surface area contributed by atoms with E-state index < -0.39 is 0 Å². The topological polar surface area (TPSA) is 30.9 Å². The molecule has 5 heterocycles. The van der Waals surface area contributed by atoms with Crippen LogP contribution in [0.3, 0.4) is 0 Å². The van der Waals surface area contributed by atoms with Crippen molar-refractivity contribution >= 4 is 106 Å². The van der Waals surface area contributed by atoms with Crippen LogP contribution in [0.2, 0.25) is 0 Å². The van der Waals surface area contributed by atoms with Crippen molar-refractivity contribution in [3.63, 3.8) is 0 Å². The smallest absolute Gasteiger partial charge is 0.257 e. The normalized spacial score (nSPS) is 14.5. The van der Waals surface area contributed by atoms with Crippen molar-refractivity contribution in [1.82, 2.24) is 0 Å². The second-order valence-corrected chi connectivity index (χ2v) is 14.6. The second kappa shape index (κ2) is 8.79. The summed E-state index contributed by atoms with van der Waals surface area (Å²) in [5.41, 5.74) is 10.6. The van der Waals surface area contributed by atoms with Gasteiger partial charge >= 0.3 is 0 Å². The molecule has 0 radical (unpaired) electrons. The van der Waals surface area contributed by atoms with Gasteiger partial charge in [0.1, 0.15) is 23.0 Å². The lowest BCUT2D eigenvalue weighted by atomic mass is 9.29. The van der Waals surface area contributed by atoms with E-state index in [4.69, 9.17) is 14.2 Å². The summed E-state index contributed by atoms with van der Waals surface area (Å²) in [4.78, 5) is 2.48. The molecule has 14 rings (SSSR count). The molecule has 0 atom stereocenters. The predicted octanol–water partition coefficient (Wildman–Crippen LogP) is 7.75. The number of nitrogens with zero attached hydrogens (tertiary/aromatic N) is 1. The molecule has 0 saturated heterocycles. The highest BCUT2D eigenvalue weighted by Crippen LogP contribution is 2.55. The number of anilines is 3. The summed E-state index contributed by atoms with van der Waals surface area (Å²) in [7, 11) is 0. The SMILES string of the molecule is c1cc2c3c(c1)B1c4c(cc5c6c4N3c3c(cccc3B6c3c(c4ccccc4c4ccccc34)O5)O2)Oc2c1c1ccccc1c1ccccc21. The first kappa shape index (κ1) is 26.2. The van der Waals surface area contributed by atoms with Gasteiger partial charge in [0.15, 0.2) is 11.5 Å². The number of rotatable bonds is 0. The zero-order chi connectivity index (χ0) is 33.4. The van der Waals surface area contributed by atoms with Crippen LogP contribution in [0.1, 0.15) is 0 Å². The van der Waals surface area contributed by atoms with Gasteiger partial charge in [0.25, 0.3) is 13.4 Å². The highest BCUT2D eigenvalue weighted by Gasteiger charge is 2.54. The largest absolute Gasteiger partial charge is 0.458 e. The number of ether oxygens (including phenoxy) is 3. The molecule has 5 aliphatic heterocycles. The minimum Gasteiger partial charge on any atom is -0.458 e. The fraction of sp³-hybridized carbons (Fsp3) is 0. The Hall–Kier alpha value is -6.65. The molecular weight excluding hydrogens is 636 g/mol. The zero-order valence-corrected chi connectivity index (χ0v) is 27.6. The van der Waals surface area contributed by atoms with Crippen LogP contribution in [0.4, 0.5) is 17.1 Å². The Morgan fingerprint density at radius 2 is 0.731 bits per heavy atom. The van der Waals surface area contributed by atoms with Gasteiger partial charge in [-0.2, -0.15) is 0 Å². The van der Waals surface area contributed by atoms with Crippen molar-refractivity contribution < 1.29 is 14.2 Å². The third-order valence-electron chi connectivity index (χ3n) is 12.3. The minimum absolute atomic E-state index is 0.0782. The van der Waals surface area contributed by atoms with Crippen molar-refractivity contribution in [2.45, 2.75) is 0 Å². The number of benzene rings is 9. The van der Waals surface area contributed by atoms with Gasteiger partial charge in [-0.3, -0.25) is 0 Å². The van der Waals surface area contributed by atoms with Crippen molar-refractivity contribution in [3.8, 4) is 34.5 Å². The third kappa shape index (κ3) is 2.84. The quantitative estimate of drug-likeness (QED) is 0.123. The molecule has 0 N–H and O–H groups in total. The highest BCUT2D eigenvalue weighted by atomic mass is 16.5. The van der Waals surface area contributed by atoms with E-state index in [-0.39, 0.29) is 13.4 Å². The number of para-hydroxylation sites is 2. The number of hydrogen-bond acceptors (Lipinski definition) is 4. The third-order valence-corrected chi connectivity index (χ3v) is 12.3. The Labute approximate surface area is 298 Å². The molecule has 5 aliphatic rings. The van der Waals surface area contributed by atoms with E-state index in [0.29, 0.717) is 0 Å². The Balaban J connectivity index is 1.19. The van der Waals surface area contributed by atoms with Crippen LogP contribution < -0.4 is 51.9 Å². The molecule has 4 nitrogen and oxygen atoms in total. The number of hydrogen-bond donors (Lipinski definition) is 0. The molecule has 236 valence electrons. The summed E-state index contributed by atoms with van der Waals surface area (Å²) in [6, 6.07) is 50.3. The summed E-state index contributed by atoms with van der Waals surface area (Å²) in [6.45, 7) is -0.156. The van der Waals surface area contributed by atoms with Gasteiger partial charge in [0, 0.05) is 22.5 Å². The summed E-state index contributed by atoms with van der Waals surface area (Å²) < 4.78 is 21.5. The summed E-state index contributed by atoms with van der Waals surface area (Å²) >= 11 is 0. The van der Waals surface area contributed by atoms with E-state index in [1.54, 1.807) is 0 Å². The van der Waals surface area contributed by atoms with Crippen LogP contribution in [0, 0.1) is 0 Å². The average Bonchev–Trinajstić information content (AvgIpc) is 3.20. The first-order valence-electron chi connectivity index (χ1n) is 18.0. The minimum atomic E-state index is -0.0782. The van der Waals surface area contributed by atoms with Crippen molar-refractivity contribution in [1.29, 1.82) is 0 Å². The van der Waals surface area contributed by atoms with Gasteiger partial charge < -0.3 is 19.1 Å². The molecular formula is C46H23B2NO3. The molecule has 0 spiro atoms. The molecule has 9 aromatic carbocycles. The van der Waals surface area contributed by atoms with Crippen LogP contribution in [-0.4, -0.2) is 13.4 Å². The van der Waals surface area contributed by atoms with Gasteiger partial charge in [0.05, 0.1) is 11.4 Å². The van der Waals surface area contributed by atoms with E-state index in [0.717, 1.165) is 62.3 Å². The van der Waals surface area contributed by atoms with Crippen molar-refractivity contribution in [3.05, 3.63) is 140 Å². The summed E-state index contributed by atoms with van der Waals surface area (Å²) in [5.74, 6) is 5.28. The lowest BCUT2D eigenvalue weighted by molar-refractivity contribution is 0.469. The summed E-state index contributed by atoms with van der Waals surface area (Å²) in [6.07, 6.45) is 0. The van der Waals surface area contributed by atoms with Crippen LogP contribution in [-0.2, 0) is 0 Å². The van der Waals surface area contributed by atoms with E-state index in [2.05, 4.69) is 144 Å². The maximum atomic E-state index is 7.28. The Bertz CT molecular complexity index is 3000. The van der Waals surface area contributed by atoms with Gasteiger partial charge in [-0.05, 0) is 77.2 Å². The van der Waals surface area contributed by atoms with Crippen molar-refractivity contribution in [2.24, 2.45) is 0 Å². The molecule has 0 aromatic heterocycles. The molecule has 6 heteroatoms. The monoisotopic (exact) mass is 659 g/mol. The molecule has 52 heavy (non-hydrogen) atoms. The fourth-order valence-corrected chi connectivity index (χ4v) is 10.5. The van der Waals surface area contributed by atoms with Gasteiger partial charge in [-0.1, -0.05) is 121 Å². The molecule has 0 fully saturated rings. The van der Waals surface area contributed by atoms with Gasteiger partial charge in [-0.15, -0.1) is 0 Å². The first-order chi connectivity index (χ1) is 25.8. The lowest BCUT2D eigenvalue weighted by Gasteiger charge is -2.49. The molecule has 0 amide bonds. The second-order valence-electron chi connectivity index (χ2n) is 14.6.